The smallest absolute Gasteiger partial charge is 0.0601 e. The third kappa shape index (κ3) is 7.31. The van der Waals surface area contributed by atoms with Crippen LogP contribution in [0.5, 0.6) is 0 Å². The Balaban J connectivity index is 1.55. The van der Waals surface area contributed by atoms with Crippen LogP contribution in [0.4, 0.5) is 0 Å². The predicted octanol–water partition coefficient (Wildman–Crippen LogP) is 4.49. The van der Waals surface area contributed by atoms with Crippen LogP contribution in [-0.4, -0.2) is 34.6 Å². The molecule has 1 aliphatic heterocycles. The molecule has 2 rings (SSSR count). The van der Waals surface area contributed by atoms with Crippen molar-refractivity contribution in [3.63, 3.8) is 0 Å². The fourth-order valence-electron chi connectivity index (χ4n) is 2.29. The first-order valence-corrected chi connectivity index (χ1v) is 9.86. The maximum atomic E-state index is 3.33. The van der Waals surface area contributed by atoms with E-state index in [1.54, 1.807) is 0 Å². The summed E-state index contributed by atoms with van der Waals surface area (Å²) in [6.07, 6.45) is 5.01. The van der Waals surface area contributed by atoms with Crippen molar-refractivity contribution in [1.82, 2.24) is 4.90 Å². The summed E-state index contributed by atoms with van der Waals surface area (Å²) in [5, 5.41) is 0. The van der Waals surface area contributed by atoms with Crippen LogP contribution < -0.4 is 0 Å². The van der Waals surface area contributed by atoms with Crippen molar-refractivity contribution in [3.8, 4) is 11.8 Å². The molecule has 0 atom stereocenters. The van der Waals surface area contributed by atoms with E-state index in [0.29, 0.717) is 0 Å². The van der Waals surface area contributed by atoms with Gasteiger partial charge in [-0.05, 0) is 43.4 Å². The van der Waals surface area contributed by atoms with Gasteiger partial charge in [0.05, 0.1) is 11.1 Å². The van der Waals surface area contributed by atoms with E-state index in [1.165, 1.54) is 36.3 Å². The fourth-order valence-corrected chi connectivity index (χ4v) is 5.25. The second-order valence-corrected chi connectivity index (χ2v) is 8.35. The van der Waals surface area contributed by atoms with E-state index >= 15 is 0 Å². The van der Waals surface area contributed by atoms with Crippen LogP contribution in [0, 0.1) is 11.8 Å². The van der Waals surface area contributed by atoms with E-state index in [-0.39, 0.29) is 0 Å². The van der Waals surface area contributed by atoms with Crippen LogP contribution in [0.2, 0.25) is 0 Å². The Hall–Kier alpha value is -0.560. The lowest BCUT2D eigenvalue weighted by Crippen LogP contribution is -2.17. The minimum Gasteiger partial charge on any atom is -0.291 e. The molecule has 0 unspecified atom stereocenters. The molecule has 0 N–H and O–H groups in total. The van der Waals surface area contributed by atoms with Crippen LogP contribution in [0.3, 0.4) is 0 Å². The van der Waals surface area contributed by atoms with Gasteiger partial charge in [-0.1, -0.05) is 36.3 Å². The molecule has 0 radical (unpaired) electrons. The minimum absolute atomic E-state index is 0.835. The Bertz CT molecular complexity index is 443. The first-order valence-electron chi connectivity index (χ1n) is 7.76. The third-order valence-corrected chi connectivity index (χ3v) is 6.49. The zero-order chi connectivity index (χ0) is 14.8. The van der Waals surface area contributed by atoms with Crippen molar-refractivity contribution in [1.29, 1.82) is 0 Å². The molecule has 114 valence electrons. The summed E-state index contributed by atoms with van der Waals surface area (Å²) in [6.45, 7) is 1.84. The van der Waals surface area contributed by atoms with Crippen molar-refractivity contribution in [2.24, 2.45) is 0 Å². The normalized spacial score (nSPS) is 15.7. The Labute approximate surface area is 138 Å². The standard InChI is InChI=1S/C18H25NS2/c1-19(16-17-10-5-4-6-11-17)13-8-3-2-7-12-18-20-14-9-15-21-18/h4-6,10-11,18H,2,7,9,12-16H2,1H3. The van der Waals surface area contributed by atoms with Gasteiger partial charge in [0.1, 0.15) is 0 Å². The van der Waals surface area contributed by atoms with Crippen molar-refractivity contribution in [2.75, 3.05) is 25.1 Å². The van der Waals surface area contributed by atoms with Gasteiger partial charge < -0.3 is 0 Å². The summed E-state index contributed by atoms with van der Waals surface area (Å²) in [4.78, 5) is 2.27. The Morgan fingerprint density at radius 3 is 2.67 bits per heavy atom. The monoisotopic (exact) mass is 319 g/mol. The molecule has 0 aliphatic carbocycles. The van der Waals surface area contributed by atoms with E-state index in [0.717, 1.165) is 24.1 Å². The maximum Gasteiger partial charge on any atom is 0.0601 e. The quantitative estimate of drug-likeness (QED) is 0.562. The van der Waals surface area contributed by atoms with Crippen molar-refractivity contribution < 1.29 is 0 Å². The fraction of sp³-hybridized carbons (Fsp3) is 0.556. The van der Waals surface area contributed by atoms with Crippen molar-refractivity contribution in [3.05, 3.63) is 35.9 Å². The highest BCUT2D eigenvalue weighted by Gasteiger charge is 2.12. The highest BCUT2D eigenvalue weighted by atomic mass is 32.2. The lowest BCUT2D eigenvalue weighted by Gasteiger charge is -2.20. The molecule has 0 aromatic heterocycles. The van der Waals surface area contributed by atoms with Gasteiger partial charge in [0.25, 0.3) is 0 Å². The van der Waals surface area contributed by atoms with Gasteiger partial charge in [-0.3, -0.25) is 4.90 Å². The van der Waals surface area contributed by atoms with E-state index < -0.39 is 0 Å². The van der Waals surface area contributed by atoms with Crippen LogP contribution in [0.15, 0.2) is 30.3 Å². The molecule has 1 heterocycles. The molecular formula is C18H25NS2. The van der Waals surface area contributed by atoms with Gasteiger partial charge >= 0.3 is 0 Å². The molecule has 1 fully saturated rings. The number of unbranched alkanes of at least 4 members (excludes halogenated alkanes) is 1. The third-order valence-electron chi connectivity index (χ3n) is 3.41. The number of nitrogens with zero attached hydrogens (tertiary/aromatic N) is 1. The number of hydrogen-bond donors (Lipinski definition) is 0. The molecule has 0 amide bonds. The zero-order valence-corrected chi connectivity index (χ0v) is 14.5. The average Bonchev–Trinajstić information content (AvgIpc) is 2.53. The van der Waals surface area contributed by atoms with Crippen LogP contribution >= 0.6 is 23.5 Å². The largest absolute Gasteiger partial charge is 0.291 e. The van der Waals surface area contributed by atoms with Gasteiger partial charge in [-0.15, -0.1) is 29.4 Å². The molecule has 21 heavy (non-hydrogen) atoms. The molecule has 1 aliphatic rings. The van der Waals surface area contributed by atoms with Gasteiger partial charge in [0, 0.05) is 13.0 Å². The topological polar surface area (TPSA) is 3.24 Å². The summed E-state index contributed by atoms with van der Waals surface area (Å²) in [7, 11) is 2.14. The Kier molecular flexibility index (Phi) is 8.17. The number of rotatable bonds is 6. The SMILES string of the molecule is CN(CC#CCCCC1SCCCS1)Cc1ccccc1. The average molecular weight is 320 g/mol. The predicted molar refractivity (Wildman–Crippen MR) is 97.7 cm³/mol. The van der Waals surface area contributed by atoms with E-state index in [4.69, 9.17) is 0 Å². The molecule has 1 nitrogen and oxygen atoms in total. The van der Waals surface area contributed by atoms with E-state index in [9.17, 15) is 0 Å². The molecule has 0 bridgehead atoms. The molecular weight excluding hydrogens is 294 g/mol. The van der Waals surface area contributed by atoms with Gasteiger partial charge in [-0.25, -0.2) is 0 Å². The highest BCUT2D eigenvalue weighted by molar-refractivity contribution is 8.17. The molecule has 0 spiro atoms. The van der Waals surface area contributed by atoms with Crippen LogP contribution in [0.1, 0.15) is 31.2 Å². The van der Waals surface area contributed by atoms with Gasteiger partial charge in [0.2, 0.25) is 0 Å². The van der Waals surface area contributed by atoms with E-state index in [2.05, 4.69) is 77.6 Å². The summed E-state index contributed by atoms with van der Waals surface area (Å²) in [5.74, 6) is 9.35. The minimum atomic E-state index is 0.835. The molecule has 0 saturated carbocycles. The number of hydrogen-bond acceptors (Lipinski definition) is 3. The summed E-state index contributed by atoms with van der Waals surface area (Å²) >= 11 is 4.28. The van der Waals surface area contributed by atoms with Crippen molar-refractivity contribution in [2.45, 2.75) is 36.8 Å². The first-order chi connectivity index (χ1) is 10.3. The second kappa shape index (κ2) is 10.2. The Morgan fingerprint density at radius 2 is 1.90 bits per heavy atom. The lowest BCUT2D eigenvalue weighted by molar-refractivity contribution is 0.369. The summed E-state index contributed by atoms with van der Waals surface area (Å²) in [5.41, 5.74) is 1.35. The number of thioether (sulfide) groups is 2. The van der Waals surface area contributed by atoms with Crippen molar-refractivity contribution >= 4 is 23.5 Å². The summed E-state index contributed by atoms with van der Waals surface area (Å²) < 4.78 is 0.835. The maximum absolute atomic E-state index is 3.33. The van der Waals surface area contributed by atoms with Crippen LogP contribution in [-0.2, 0) is 6.54 Å². The van der Waals surface area contributed by atoms with Gasteiger partial charge in [0.15, 0.2) is 0 Å². The van der Waals surface area contributed by atoms with Crippen LogP contribution in [0.25, 0.3) is 0 Å². The number of benzene rings is 1. The van der Waals surface area contributed by atoms with Gasteiger partial charge in [-0.2, -0.15) is 0 Å². The zero-order valence-electron chi connectivity index (χ0n) is 12.9. The lowest BCUT2D eigenvalue weighted by atomic mass is 10.2. The molecule has 1 aromatic carbocycles. The molecule has 1 saturated heterocycles. The second-order valence-electron chi connectivity index (χ2n) is 5.43. The first kappa shape index (κ1) is 16.8. The summed E-state index contributed by atoms with van der Waals surface area (Å²) in [6, 6.07) is 10.6. The Morgan fingerprint density at radius 1 is 1.14 bits per heavy atom. The molecule has 1 aromatic rings. The highest BCUT2D eigenvalue weighted by Crippen LogP contribution is 2.33. The van der Waals surface area contributed by atoms with E-state index in [1.807, 2.05) is 0 Å². The molecule has 3 heteroatoms.